The number of hydrogen-bond acceptors (Lipinski definition) is 2. The summed E-state index contributed by atoms with van der Waals surface area (Å²) in [6.07, 6.45) is 0. The van der Waals surface area contributed by atoms with E-state index in [-0.39, 0.29) is 5.91 Å². The van der Waals surface area contributed by atoms with Crippen molar-refractivity contribution in [3.63, 3.8) is 0 Å². The molecule has 0 fully saturated rings. The third-order valence-corrected chi connectivity index (χ3v) is 6.94. The summed E-state index contributed by atoms with van der Waals surface area (Å²) in [5.74, 6) is 0.318. The Morgan fingerprint density at radius 1 is 0.889 bits per heavy atom. The number of fused-ring (bicyclic) bond motifs is 2. The van der Waals surface area contributed by atoms with Gasteiger partial charge in [-0.15, -0.1) is 0 Å². The molecule has 5 heteroatoms. The van der Waals surface area contributed by atoms with Gasteiger partial charge >= 0.3 is 0 Å². The van der Waals surface area contributed by atoms with E-state index in [1.165, 1.54) is 0 Å². The molecule has 0 unspecified atom stereocenters. The number of nitrogens with zero attached hydrogens (tertiary/aromatic N) is 3. The van der Waals surface area contributed by atoms with Crippen LogP contribution in [0.3, 0.4) is 0 Å². The van der Waals surface area contributed by atoms with Crippen molar-refractivity contribution >= 4 is 39.9 Å². The van der Waals surface area contributed by atoms with Crippen molar-refractivity contribution in [2.24, 2.45) is 4.99 Å². The summed E-state index contributed by atoms with van der Waals surface area (Å²) in [6.45, 7) is 2.59. The van der Waals surface area contributed by atoms with Gasteiger partial charge in [-0.25, -0.2) is 4.98 Å². The third kappa shape index (κ3) is 3.96. The molecule has 1 aromatic heterocycles. The zero-order valence-electron chi connectivity index (χ0n) is 19.6. The Balaban J connectivity index is 1.50. The van der Waals surface area contributed by atoms with E-state index in [1.54, 1.807) is 0 Å². The molecule has 1 amide bonds. The Kier molecular flexibility index (Phi) is 5.59. The van der Waals surface area contributed by atoms with E-state index in [0.717, 1.165) is 44.5 Å². The van der Waals surface area contributed by atoms with Crippen LogP contribution in [0.1, 0.15) is 27.0 Å². The van der Waals surface area contributed by atoms with Crippen LogP contribution in [0.25, 0.3) is 22.2 Å². The van der Waals surface area contributed by atoms with E-state index in [2.05, 4.69) is 11.0 Å². The number of carbonyl (C=O) groups is 1. The van der Waals surface area contributed by atoms with Gasteiger partial charge in [-0.3, -0.25) is 4.79 Å². The lowest BCUT2D eigenvalue weighted by atomic mass is 10.0. The maximum atomic E-state index is 13.8. The van der Waals surface area contributed by atoms with Crippen molar-refractivity contribution in [1.29, 1.82) is 0 Å². The van der Waals surface area contributed by atoms with Crippen LogP contribution >= 0.6 is 11.6 Å². The highest BCUT2D eigenvalue weighted by atomic mass is 35.5. The van der Waals surface area contributed by atoms with Crippen molar-refractivity contribution in [2.45, 2.75) is 13.5 Å². The number of amides is 1. The second-order valence-electron chi connectivity index (χ2n) is 8.86. The zero-order chi connectivity index (χ0) is 24.6. The van der Waals surface area contributed by atoms with Crippen LogP contribution in [0, 0.1) is 6.92 Å². The van der Waals surface area contributed by atoms with Gasteiger partial charge in [0.2, 0.25) is 0 Å². The fourth-order valence-electron chi connectivity index (χ4n) is 4.62. The Morgan fingerprint density at radius 2 is 1.64 bits per heavy atom. The van der Waals surface area contributed by atoms with Crippen LogP contribution in [0.5, 0.6) is 0 Å². The van der Waals surface area contributed by atoms with E-state index in [1.807, 2.05) is 104 Å². The van der Waals surface area contributed by atoms with Gasteiger partial charge < -0.3 is 4.90 Å². The molecule has 4 nitrogen and oxygen atoms in total. The summed E-state index contributed by atoms with van der Waals surface area (Å²) in [7, 11) is 0. The summed E-state index contributed by atoms with van der Waals surface area (Å²) in [4.78, 5) is 25.4. The van der Waals surface area contributed by atoms with Gasteiger partial charge in [-0.1, -0.05) is 90.5 Å². The Bertz CT molecular complexity index is 1660. The molecule has 2 heterocycles. The van der Waals surface area contributed by atoms with E-state index in [9.17, 15) is 4.79 Å². The minimum Gasteiger partial charge on any atom is -0.321 e. The number of hydrogen-bond donors (Lipinski definition) is 0. The zero-order valence-corrected chi connectivity index (χ0v) is 20.4. The quantitative estimate of drug-likeness (QED) is 0.265. The van der Waals surface area contributed by atoms with Gasteiger partial charge in [0.1, 0.15) is 5.84 Å². The first-order valence-electron chi connectivity index (χ1n) is 11.8. The number of aryl methyl sites for hydroxylation is 1. The number of para-hydroxylation sites is 1. The summed E-state index contributed by atoms with van der Waals surface area (Å²) < 4.78 is 0. The molecule has 36 heavy (non-hydrogen) atoms. The monoisotopic (exact) mass is 487 g/mol. The smallest absolute Gasteiger partial charge is 0.279 e. The molecule has 0 spiro atoms. The predicted octanol–water partition coefficient (Wildman–Crippen LogP) is 7.47. The maximum absolute atomic E-state index is 13.8. The standard InChI is InChI=1S/C31H22ClN3O/c1-20-15-16-23(17-27(20)32)35-19-22-11-5-6-12-24(22)30(35)34-31(36)26-18-29(21-9-3-2-4-10-21)33-28-14-8-7-13-25(26)28/h2-18H,19H2,1H3. The number of carbonyl (C=O) groups excluding carboxylic acids is 1. The molecule has 6 rings (SSSR count). The van der Waals surface area contributed by atoms with Crippen molar-refractivity contribution < 1.29 is 4.79 Å². The molecule has 0 bridgehead atoms. The third-order valence-electron chi connectivity index (χ3n) is 6.53. The number of rotatable bonds is 3. The Morgan fingerprint density at radius 3 is 2.47 bits per heavy atom. The minimum atomic E-state index is -0.305. The van der Waals surface area contributed by atoms with Crippen LogP contribution in [-0.4, -0.2) is 16.7 Å². The average molecular weight is 488 g/mol. The molecule has 0 atom stereocenters. The first kappa shape index (κ1) is 22.2. The molecule has 174 valence electrons. The SMILES string of the molecule is Cc1ccc(N2Cc3ccccc3C2=NC(=O)c2cc(-c3ccccc3)nc3ccccc23)cc1Cl. The highest BCUT2D eigenvalue weighted by Gasteiger charge is 2.28. The molecule has 0 saturated carbocycles. The van der Waals surface area contributed by atoms with E-state index < -0.39 is 0 Å². The Labute approximate surface area is 214 Å². The number of halogens is 1. The highest BCUT2D eigenvalue weighted by Crippen LogP contribution is 2.32. The molecule has 4 aromatic carbocycles. The molecular weight excluding hydrogens is 466 g/mol. The largest absolute Gasteiger partial charge is 0.321 e. The maximum Gasteiger partial charge on any atom is 0.279 e. The van der Waals surface area contributed by atoms with Crippen LogP contribution in [0.15, 0.2) is 108 Å². The molecule has 5 aromatic rings. The van der Waals surface area contributed by atoms with E-state index in [0.29, 0.717) is 23.0 Å². The van der Waals surface area contributed by atoms with Crippen molar-refractivity contribution in [3.05, 3.63) is 130 Å². The lowest BCUT2D eigenvalue weighted by molar-refractivity contribution is 0.100. The van der Waals surface area contributed by atoms with Gasteiger partial charge in [0, 0.05) is 27.2 Å². The van der Waals surface area contributed by atoms with E-state index in [4.69, 9.17) is 21.6 Å². The topological polar surface area (TPSA) is 45.6 Å². The van der Waals surface area contributed by atoms with Crippen LogP contribution in [0.4, 0.5) is 5.69 Å². The first-order chi connectivity index (χ1) is 17.6. The number of aliphatic imine (C=N–C) groups is 1. The van der Waals surface area contributed by atoms with Gasteiger partial charge in [-0.05, 0) is 42.3 Å². The normalized spacial score (nSPS) is 13.8. The average Bonchev–Trinajstić information content (AvgIpc) is 3.28. The van der Waals surface area contributed by atoms with E-state index >= 15 is 0 Å². The van der Waals surface area contributed by atoms with Gasteiger partial charge in [0.25, 0.3) is 5.91 Å². The molecule has 0 aliphatic carbocycles. The summed E-state index contributed by atoms with van der Waals surface area (Å²) in [5, 5.41) is 1.46. The molecule has 1 aliphatic heterocycles. The summed E-state index contributed by atoms with van der Waals surface area (Å²) >= 11 is 6.45. The predicted molar refractivity (Wildman–Crippen MR) is 147 cm³/mol. The molecule has 0 saturated heterocycles. The van der Waals surface area contributed by atoms with Crippen molar-refractivity contribution in [3.8, 4) is 11.3 Å². The number of amidine groups is 1. The lowest BCUT2D eigenvalue weighted by Crippen LogP contribution is -2.25. The van der Waals surface area contributed by atoms with Gasteiger partial charge in [0.15, 0.2) is 0 Å². The number of anilines is 1. The van der Waals surface area contributed by atoms with Crippen molar-refractivity contribution in [1.82, 2.24) is 4.98 Å². The van der Waals surface area contributed by atoms with Gasteiger partial charge in [0.05, 0.1) is 23.3 Å². The first-order valence-corrected chi connectivity index (χ1v) is 12.2. The Hall–Kier alpha value is -4.28. The second-order valence-corrected chi connectivity index (χ2v) is 9.26. The van der Waals surface area contributed by atoms with Crippen LogP contribution in [0.2, 0.25) is 5.02 Å². The number of aromatic nitrogens is 1. The van der Waals surface area contributed by atoms with Crippen LogP contribution < -0.4 is 4.90 Å². The minimum absolute atomic E-state index is 0.305. The summed E-state index contributed by atoms with van der Waals surface area (Å²) in [6, 6.07) is 33.4. The molecular formula is C31H22ClN3O. The lowest BCUT2D eigenvalue weighted by Gasteiger charge is -2.20. The second kappa shape index (κ2) is 9.06. The number of benzene rings is 4. The van der Waals surface area contributed by atoms with Gasteiger partial charge in [-0.2, -0.15) is 4.99 Å². The fourth-order valence-corrected chi connectivity index (χ4v) is 4.79. The van der Waals surface area contributed by atoms with Crippen LogP contribution in [-0.2, 0) is 6.54 Å². The molecule has 1 aliphatic rings. The van der Waals surface area contributed by atoms with Crippen molar-refractivity contribution in [2.75, 3.05) is 4.90 Å². The highest BCUT2D eigenvalue weighted by molar-refractivity contribution is 6.32. The summed E-state index contributed by atoms with van der Waals surface area (Å²) in [5.41, 5.74) is 6.95. The number of pyridine rings is 1. The molecule has 0 N–H and O–H groups in total. The molecule has 0 radical (unpaired) electrons. The fraction of sp³-hybridized carbons (Fsp3) is 0.0645.